The Balaban J connectivity index is 0.00000338. The van der Waals surface area contributed by atoms with Crippen LogP contribution >= 0.6 is 24.0 Å². The minimum atomic E-state index is 0. The van der Waals surface area contributed by atoms with Crippen molar-refractivity contribution in [2.75, 3.05) is 51.6 Å². The maximum absolute atomic E-state index is 5.32. The zero-order valence-electron chi connectivity index (χ0n) is 15.7. The summed E-state index contributed by atoms with van der Waals surface area (Å²) in [5.41, 5.74) is 2.06. The first-order valence-corrected chi connectivity index (χ1v) is 8.13. The summed E-state index contributed by atoms with van der Waals surface area (Å²) in [6.07, 6.45) is 0. The van der Waals surface area contributed by atoms with E-state index in [2.05, 4.69) is 39.7 Å². The van der Waals surface area contributed by atoms with Crippen molar-refractivity contribution >= 4 is 41.3 Å². The number of hydrogen-bond acceptors (Lipinski definition) is 4. The molecule has 0 unspecified atom stereocenters. The van der Waals surface area contributed by atoms with Gasteiger partial charge in [-0.05, 0) is 24.3 Å². The Kier molecular flexibility index (Phi) is 9.64. The molecule has 2 aromatic carbocycles. The summed E-state index contributed by atoms with van der Waals surface area (Å²) in [7, 11) is 7.06. The Hall–Kier alpha value is -2.16. The smallest absolute Gasteiger partial charge is 0.195 e. The van der Waals surface area contributed by atoms with Gasteiger partial charge >= 0.3 is 0 Å². The number of halogens is 1. The Morgan fingerprint density at radius 2 is 1.73 bits per heavy atom. The zero-order valence-corrected chi connectivity index (χ0v) is 18.0. The fraction of sp³-hybridized carbons (Fsp3) is 0.316. The van der Waals surface area contributed by atoms with Crippen LogP contribution in [0.25, 0.3) is 0 Å². The van der Waals surface area contributed by atoms with Gasteiger partial charge in [0.15, 0.2) is 17.5 Å². The first-order valence-electron chi connectivity index (χ1n) is 8.13. The molecule has 7 heteroatoms. The van der Waals surface area contributed by atoms with E-state index in [1.807, 2.05) is 36.4 Å². The lowest BCUT2D eigenvalue weighted by Crippen LogP contribution is -2.36. The largest absolute Gasteiger partial charge is 0.493 e. The minimum Gasteiger partial charge on any atom is -0.493 e. The van der Waals surface area contributed by atoms with Crippen molar-refractivity contribution < 1.29 is 9.47 Å². The van der Waals surface area contributed by atoms with Gasteiger partial charge in [0.05, 0.1) is 14.2 Å². The highest BCUT2D eigenvalue weighted by Crippen LogP contribution is 2.29. The van der Waals surface area contributed by atoms with Crippen LogP contribution < -0.4 is 25.0 Å². The predicted molar refractivity (Wildman–Crippen MR) is 120 cm³/mol. The van der Waals surface area contributed by atoms with Crippen molar-refractivity contribution in [3.05, 3.63) is 48.5 Å². The van der Waals surface area contributed by atoms with Gasteiger partial charge in [-0.2, -0.15) is 0 Å². The number of guanidine groups is 1. The number of benzene rings is 2. The van der Waals surface area contributed by atoms with Crippen LogP contribution in [0, 0.1) is 0 Å². The number of methoxy groups -OCH3 is 2. The van der Waals surface area contributed by atoms with Gasteiger partial charge in [-0.1, -0.05) is 18.2 Å². The van der Waals surface area contributed by atoms with Crippen LogP contribution in [0.2, 0.25) is 0 Å². The topological polar surface area (TPSA) is 58.1 Å². The van der Waals surface area contributed by atoms with E-state index < -0.39 is 0 Å². The highest BCUT2D eigenvalue weighted by molar-refractivity contribution is 14.0. The van der Waals surface area contributed by atoms with Crippen LogP contribution in [-0.2, 0) is 0 Å². The van der Waals surface area contributed by atoms with Gasteiger partial charge in [-0.3, -0.25) is 4.99 Å². The maximum Gasteiger partial charge on any atom is 0.195 e. The summed E-state index contributed by atoms with van der Waals surface area (Å²) in [5, 5.41) is 6.56. The summed E-state index contributed by atoms with van der Waals surface area (Å²) >= 11 is 0. The summed E-state index contributed by atoms with van der Waals surface area (Å²) in [5.74, 6) is 2.07. The van der Waals surface area contributed by atoms with Crippen LogP contribution in [0.5, 0.6) is 11.5 Å². The number of rotatable bonds is 7. The number of ether oxygens (including phenoxy) is 2. The molecule has 0 spiro atoms. The molecule has 2 rings (SSSR count). The summed E-state index contributed by atoms with van der Waals surface area (Å²) in [6, 6.07) is 15.9. The third-order valence-corrected chi connectivity index (χ3v) is 3.81. The zero-order chi connectivity index (χ0) is 18.1. The minimum absolute atomic E-state index is 0. The average molecular weight is 470 g/mol. The Labute approximate surface area is 172 Å². The van der Waals surface area contributed by atoms with E-state index in [0.717, 1.165) is 18.8 Å². The lowest BCUT2D eigenvalue weighted by molar-refractivity contribution is 0.355. The molecular formula is C19H27IN4O2. The second-order valence-electron chi connectivity index (χ2n) is 5.45. The van der Waals surface area contributed by atoms with Crippen LogP contribution in [-0.4, -0.2) is 47.4 Å². The second kappa shape index (κ2) is 11.5. The molecular weight excluding hydrogens is 443 g/mol. The third-order valence-electron chi connectivity index (χ3n) is 3.81. The summed E-state index contributed by atoms with van der Waals surface area (Å²) in [4.78, 5) is 6.45. The molecule has 0 saturated heterocycles. The van der Waals surface area contributed by atoms with Crippen LogP contribution in [0.3, 0.4) is 0 Å². The SMILES string of the molecule is CN=C(NCCN(C)c1ccccc1)Nc1ccc(OC)c(OC)c1.I. The highest BCUT2D eigenvalue weighted by Gasteiger charge is 2.06. The molecule has 0 fully saturated rings. The standard InChI is InChI=1S/C19H26N4O2.HI/c1-20-19(21-12-13-23(2)16-8-6-5-7-9-16)22-15-10-11-17(24-3)18(14-15)25-4;/h5-11,14H,12-13H2,1-4H3,(H2,20,21,22);1H. The Morgan fingerprint density at radius 3 is 2.35 bits per heavy atom. The molecule has 142 valence electrons. The molecule has 0 aliphatic carbocycles. The fourth-order valence-corrected chi connectivity index (χ4v) is 2.38. The van der Waals surface area contributed by atoms with E-state index in [1.165, 1.54) is 5.69 Å². The second-order valence-corrected chi connectivity index (χ2v) is 5.45. The number of aliphatic imine (C=N–C) groups is 1. The fourth-order valence-electron chi connectivity index (χ4n) is 2.38. The van der Waals surface area contributed by atoms with Crippen molar-refractivity contribution in [2.45, 2.75) is 0 Å². The quantitative estimate of drug-likeness (QED) is 0.369. The molecule has 0 aliphatic heterocycles. The molecule has 2 N–H and O–H groups in total. The first kappa shape index (κ1) is 21.9. The van der Waals surface area contributed by atoms with Gasteiger partial charge in [0.2, 0.25) is 0 Å². The lowest BCUT2D eigenvalue weighted by Gasteiger charge is -2.20. The van der Waals surface area contributed by atoms with Gasteiger partial charge in [0.25, 0.3) is 0 Å². The Morgan fingerprint density at radius 1 is 1.04 bits per heavy atom. The first-order chi connectivity index (χ1) is 12.2. The molecule has 0 heterocycles. The molecule has 6 nitrogen and oxygen atoms in total. The van der Waals surface area contributed by atoms with Crippen molar-refractivity contribution in [1.82, 2.24) is 5.32 Å². The van der Waals surface area contributed by atoms with Crippen LogP contribution in [0.4, 0.5) is 11.4 Å². The molecule has 2 aromatic rings. The van der Waals surface area contributed by atoms with Crippen molar-refractivity contribution in [1.29, 1.82) is 0 Å². The number of nitrogens with one attached hydrogen (secondary N) is 2. The van der Waals surface area contributed by atoms with Crippen LogP contribution in [0.15, 0.2) is 53.5 Å². The normalized spacial score (nSPS) is 10.5. The molecule has 0 saturated carbocycles. The van der Waals surface area contributed by atoms with Crippen molar-refractivity contribution in [3.63, 3.8) is 0 Å². The maximum atomic E-state index is 5.32. The molecule has 0 atom stereocenters. The molecule has 0 bridgehead atoms. The summed E-state index contributed by atoms with van der Waals surface area (Å²) < 4.78 is 10.6. The molecule has 26 heavy (non-hydrogen) atoms. The van der Waals surface area contributed by atoms with E-state index in [0.29, 0.717) is 17.5 Å². The number of para-hydroxylation sites is 1. The monoisotopic (exact) mass is 470 g/mol. The summed E-state index contributed by atoms with van der Waals surface area (Å²) in [6.45, 7) is 1.62. The molecule has 0 amide bonds. The molecule has 0 aliphatic rings. The average Bonchev–Trinajstić information content (AvgIpc) is 2.67. The highest BCUT2D eigenvalue weighted by atomic mass is 127. The predicted octanol–water partition coefficient (Wildman–Crippen LogP) is 3.45. The van der Waals surface area contributed by atoms with Crippen molar-refractivity contribution in [3.8, 4) is 11.5 Å². The number of anilines is 2. The van der Waals surface area contributed by atoms with Gasteiger partial charge in [-0.15, -0.1) is 24.0 Å². The van der Waals surface area contributed by atoms with Crippen molar-refractivity contribution in [2.24, 2.45) is 4.99 Å². The van der Waals surface area contributed by atoms with E-state index in [4.69, 9.17) is 9.47 Å². The van der Waals surface area contributed by atoms with Gasteiger partial charge in [0.1, 0.15) is 0 Å². The molecule has 0 aromatic heterocycles. The van der Waals surface area contributed by atoms with Gasteiger partial charge in [-0.25, -0.2) is 0 Å². The third kappa shape index (κ3) is 6.29. The van der Waals surface area contributed by atoms with E-state index in [1.54, 1.807) is 21.3 Å². The van der Waals surface area contributed by atoms with Gasteiger partial charge in [0, 0.05) is 44.6 Å². The lowest BCUT2D eigenvalue weighted by atomic mass is 10.2. The van der Waals surface area contributed by atoms with Crippen LogP contribution in [0.1, 0.15) is 0 Å². The Bertz CT molecular complexity index is 695. The van der Waals surface area contributed by atoms with E-state index in [-0.39, 0.29) is 24.0 Å². The number of likely N-dealkylation sites (N-methyl/N-ethyl adjacent to an activating group) is 1. The molecule has 0 radical (unpaired) electrons. The number of nitrogens with zero attached hydrogens (tertiary/aromatic N) is 2. The van der Waals surface area contributed by atoms with E-state index >= 15 is 0 Å². The van der Waals surface area contributed by atoms with Gasteiger partial charge < -0.3 is 25.0 Å². The number of hydrogen-bond donors (Lipinski definition) is 2. The van der Waals surface area contributed by atoms with E-state index in [9.17, 15) is 0 Å².